The van der Waals surface area contributed by atoms with Crippen LogP contribution in [0, 0.1) is 0 Å². The molecule has 0 heterocycles. The zero-order valence-corrected chi connectivity index (χ0v) is 5.30. The van der Waals surface area contributed by atoms with Crippen molar-refractivity contribution >= 4 is 0 Å². The van der Waals surface area contributed by atoms with Gasteiger partial charge in [0.1, 0.15) is 0 Å². The van der Waals surface area contributed by atoms with Gasteiger partial charge in [0.25, 0.3) is 0 Å². The van der Waals surface area contributed by atoms with Crippen LogP contribution in [-0.2, 0) is 0 Å². The van der Waals surface area contributed by atoms with Gasteiger partial charge < -0.3 is 5.21 Å². The zero-order chi connectivity index (χ0) is 7.11. The van der Waals surface area contributed by atoms with Gasteiger partial charge in [-0.1, -0.05) is 31.4 Å². The van der Waals surface area contributed by atoms with Crippen molar-refractivity contribution in [1.82, 2.24) is 5.48 Å². The second kappa shape index (κ2) is 5.28. The summed E-state index contributed by atoms with van der Waals surface area (Å²) in [5, 5.41) is 8.17. The highest BCUT2D eigenvalue weighted by molar-refractivity contribution is 5.18. The van der Waals surface area contributed by atoms with Crippen LogP contribution in [0.15, 0.2) is 37.0 Å². The summed E-state index contributed by atoms with van der Waals surface area (Å²) in [4.78, 5) is 0. The average molecular weight is 125 g/mol. The normalized spacial score (nSPS) is 9.89. The number of nitrogens with one attached hydrogen (secondary N) is 1. The first-order chi connectivity index (χ1) is 4.31. The Morgan fingerprint density at radius 1 is 1.67 bits per heavy atom. The van der Waals surface area contributed by atoms with E-state index in [4.69, 9.17) is 5.21 Å². The van der Waals surface area contributed by atoms with Gasteiger partial charge >= 0.3 is 0 Å². The van der Waals surface area contributed by atoms with Crippen LogP contribution in [0.3, 0.4) is 0 Å². The summed E-state index contributed by atoms with van der Waals surface area (Å²) < 4.78 is 0. The lowest BCUT2D eigenvalue weighted by molar-refractivity contribution is 0.178. The molecule has 2 N–H and O–H groups in total. The van der Waals surface area contributed by atoms with Crippen LogP contribution in [0.2, 0.25) is 0 Å². The van der Waals surface area contributed by atoms with Crippen molar-refractivity contribution < 1.29 is 5.21 Å². The fourth-order valence-corrected chi connectivity index (χ4v) is 0.365. The van der Waals surface area contributed by atoms with Gasteiger partial charge in [0, 0.05) is 6.54 Å². The van der Waals surface area contributed by atoms with Gasteiger partial charge in [-0.3, -0.25) is 0 Å². The Labute approximate surface area is 55.2 Å². The maximum absolute atomic E-state index is 8.17. The molecule has 0 amide bonds. The molecule has 2 heteroatoms. The molecule has 0 fully saturated rings. The highest BCUT2D eigenvalue weighted by Crippen LogP contribution is 1.88. The quantitative estimate of drug-likeness (QED) is 0.438. The first kappa shape index (κ1) is 8.14. The first-order valence-corrected chi connectivity index (χ1v) is 2.65. The second-order valence-corrected chi connectivity index (χ2v) is 1.59. The first-order valence-electron chi connectivity index (χ1n) is 2.65. The lowest BCUT2D eigenvalue weighted by Gasteiger charge is -1.93. The topological polar surface area (TPSA) is 32.3 Å². The summed E-state index contributed by atoms with van der Waals surface area (Å²) >= 11 is 0. The van der Waals surface area contributed by atoms with Gasteiger partial charge in [-0.25, -0.2) is 5.48 Å². The average Bonchev–Trinajstić information content (AvgIpc) is 1.85. The summed E-state index contributed by atoms with van der Waals surface area (Å²) in [7, 11) is 0. The Hall–Kier alpha value is -0.860. The van der Waals surface area contributed by atoms with Crippen LogP contribution < -0.4 is 5.48 Å². The van der Waals surface area contributed by atoms with Gasteiger partial charge in [-0.2, -0.15) is 0 Å². The molecule has 0 aliphatic heterocycles. The molecule has 50 valence electrons. The minimum Gasteiger partial charge on any atom is -0.316 e. The fourth-order valence-electron chi connectivity index (χ4n) is 0.365. The molecule has 2 nitrogen and oxygen atoms in total. The number of hydrogen-bond acceptors (Lipinski definition) is 2. The molecule has 0 aromatic rings. The summed E-state index contributed by atoms with van der Waals surface area (Å²) in [6, 6.07) is 0. The van der Waals surface area contributed by atoms with Crippen molar-refractivity contribution in [1.29, 1.82) is 0 Å². The Bertz CT molecular complexity index is 127. The Balaban J connectivity index is 3.49. The molecule has 0 saturated carbocycles. The van der Waals surface area contributed by atoms with Crippen LogP contribution in [0.5, 0.6) is 0 Å². The molecule has 0 rings (SSSR count). The lowest BCUT2D eigenvalue weighted by atomic mass is 10.3. The van der Waals surface area contributed by atoms with E-state index in [0.717, 1.165) is 5.57 Å². The van der Waals surface area contributed by atoms with E-state index in [1.54, 1.807) is 18.2 Å². The third-order valence-corrected chi connectivity index (χ3v) is 0.774. The molecule has 0 aliphatic carbocycles. The highest BCUT2D eigenvalue weighted by Gasteiger charge is 1.81. The molecule has 0 aromatic carbocycles. The smallest absolute Gasteiger partial charge is 0.0452 e. The monoisotopic (exact) mass is 125 g/mol. The lowest BCUT2D eigenvalue weighted by Crippen LogP contribution is -2.09. The predicted molar refractivity (Wildman–Crippen MR) is 38.3 cm³/mol. The largest absolute Gasteiger partial charge is 0.316 e. The number of allylic oxidation sites excluding steroid dienone is 2. The molecular formula is C7H11NO. The molecule has 0 aliphatic rings. The Morgan fingerprint density at radius 3 is 2.78 bits per heavy atom. The predicted octanol–water partition coefficient (Wildman–Crippen LogP) is 1.26. The van der Waals surface area contributed by atoms with E-state index in [1.165, 1.54) is 0 Å². The maximum Gasteiger partial charge on any atom is 0.0452 e. The molecule has 0 bridgehead atoms. The van der Waals surface area contributed by atoms with E-state index >= 15 is 0 Å². The third-order valence-electron chi connectivity index (χ3n) is 0.774. The Kier molecular flexibility index (Phi) is 4.78. The van der Waals surface area contributed by atoms with Crippen molar-refractivity contribution in [2.75, 3.05) is 6.54 Å². The van der Waals surface area contributed by atoms with Crippen LogP contribution in [0.25, 0.3) is 0 Å². The Morgan fingerprint density at radius 2 is 2.33 bits per heavy atom. The molecule has 0 atom stereocenters. The van der Waals surface area contributed by atoms with Gasteiger partial charge in [-0.15, -0.1) is 0 Å². The summed E-state index contributed by atoms with van der Waals surface area (Å²) in [5.41, 5.74) is 2.81. The maximum atomic E-state index is 8.17. The van der Waals surface area contributed by atoms with E-state index in [0.29, 0.717) is 6.54 Å². The SMILES string of the molecule is C=C/C=C\C(=C)CNO. The molecule has 9 heavy (non-hydrogen) atoms. The molecule has 0 saturated heterocycles. The molecule has 0 unspecified atom stereocenters. The number of rotatable bonds is 4. The number of hydrogen-bond donors (Lipinski definition) is 2. The van der Waals surface area contributed by atoms with E-state index in [9.17, 15) is 0 Å². The van der Waals surface area contributed by atoms with Gasteiger partial charge in [0.05, 0.1) is 0 Å². The minimum absolute atomic E-state index is 0.393. The van der Waals surface area contributed by atoms with Crippen LogP contribution in [0.4, 0.5) is 0 Å². The van der Waals surface area contributed by atoms with Gasteiger partial charge in [0.2, 0.25) is 0 Å². The third kappa shape index (κ3) is 5.00. The molecular weight excluding hydrogens is 114 g/mol. The van der Waals surface area contributed by atoms with E-state index in [1.807, 2.05) is 5.48 Å². The minimum atomic E-state index is 0.393. The summed E-state index contributed by atoms with van der Waals surface area (Å²) in [6.07, 6.45) is 5.19. The summed E-state index contributed by atoms with van der Waals surface area (Å²) in [6.45, 7) is 7.50. The molecule has 0 radical (unpaired) electrons. The highest BCUT2D eigenvalue weighted by atomic mass is 16.5. The van der Waals surface area contributed by atoms with E-state index in [-0.39, 0.29) is 0 Å². The zero-order valence-electron chi connectivity index (χ0n) is 5.30. The van der Waals surface area contributed by atoms with Crippen LogP contribution in [0.1, 0.15) is 0 Å². The van der Waals surface area contributed by atoms with Crippen molar-refractivity contribution in [2.24, 2.45) is 0 Å². The van der Waals surface area contributed by atoms with E-state index < -0.39 is 0 Å². The van der Waals surface area contributed by atoms with Crippen molar-refractivity contribution in [2.45, 2.75) is 0 Å². The fraction of sp³-hybridized carbons (Fsp3) is 0.143. The van der Waals surface area contributed by atoms with Crippen molar-refractivity contribution in [3.8, 4) is 0 Å². The van der Waals surface area contributed by atoms with E-state index in [2.05, 4.69) is 13.2 Å². The summed E-state index contributed by atoms with van der Waals surface area (Å²) in [5.74, 6) is 0. The number of hydroxylamine groups is 1. The van der Waals surface area contributed by atoms with Crippen molar-refractivity contribution in [3.63, 3.8) is 0 Å². The standard InChI is InChI=1S/C7H11NO/c1-3-4-5-7(2)6-8-9/h3-5,8-9H,1-2,6H2/b5-4-. The van der Waals surface area contributed by atoms with Gasteiger partial charge in [0.15, 0.2) is 0 Å². The molecule has 0 spiro atoms. The molecule has 0 aromatic heterocycles. The second-order valence-electron chi connectivity index (χ2n) is 1.59. The van der Waals surface area contributed by atoms with Crippen LogP contribution >= 0.6 is 0 Å². The van der Waals surface area contributed by atoms with Crippen LogP contribution in [-0.4, -0.2) is 11.8 Å². The van der Waals surface area contributed by atoms with Gasteiger partial charge in [-0.05, 0) is 5.57 Å². The van der Waals surface area contributed by atoms with Crippen molar-refractivity contribution in [3.05, 3.63) is 37.0 Å².